The first-order valence-electron chi connectivity index (χ1n) is 7.56. The molecular formula is C16H29N3O. The third kappa shape index (κ3) is 8.64. The maximum Gasteiger partial charge on any atom is 0.222 e. The molecule has 0 unspecified atom stereocenters. The predicted octanol–water partition coefficient (Wildman–Crippen LogP) is 2.63. The van der Waals surface area contributed by atoms with Crippen molar-refractivity contribution >= 4 is 5.91 Å². The van der Waals surface area contributed by atoms with E-state index in [2.05, 4.69) is 11.9 Å². The van der Waals surface area contributed by atoms with Gasteiger partial charge in [0.1, 0.15) is 0 Å². The Bertz CT molecular complexity index is 335. The molecule has 1 aromatic heterocycles. The molecule has 0 radical (unpaired) electrons. The van der Waals surface area contributed by atoms with Crippen molar-refractivity contribution in [3.05, 3.63) is 30.1 Å². The van der Waals surface area contributed by atoms with E-state index in [-0.39, 0.29) is 0 Å². The number of carbonyl (C=O) groups excluding carboxylic acids is 1. The van der Waals surface area contributed by atoms with Gasteiger partial charge in [0.05, 0.1) is 0 Å². The second-order valence-electron chi connectivity index (χ2n) is 4.56. The van der Waals surface area contributed by atoms with E-state index in [0.717, 1.165) is 26.1 Å². The first-order chi connectivity index (χ1) is 9.69. The number of aryl methyl sites for hydroxylation is 1. The van der Waals surface area contributed by atoms with Crippen molar-refractivity contribution in [2.45, 2.75) is 46.5 Å². The lowest BCUT2D eigenvalue weighted by Gasteiger charge is -2.12. The van der Waals surface area contributed by atoms with Crippen LogP contribution in [-0.4, -0.2) is 35.4 Å². The monoisotopic (exact) mass is 279 g/mol. The van der Waals surface area contributed by atoms with Gasteiger partial charge in [0.25, 0.3) is 0 Å². The Kier molecular flexibility index (Phi) is 11.7. The van der Waals surface area contributed by atoms with Gasteiger partial charge in [-0.1, -0.05) is 20.8 Å². The molecule has 4 heteroatoms. The minimum Gasteiger partial charge on any atom is -0.343 e. The molecule has 1 aliphatic heterocycles. The highest BCUT2D eigenvalue weighted by Gasteiger charge is 2.14. The van der Waals surface area contributed by atoms with Crippen molar-refractivity contribution in [2.24, 2.45) is 5.73 Å². The quantitative estimate of drug-likeness (QED) is 0.905. The Balaban J connectivity index is 0.000000304. The summed E-state index contributed by atoms with van der Waals surface area (Å²) in [5.74, 6) is 0.313. The van der Waals surface area contributed by atoms with Gasteiger partial charge in [-0.05, 0) is 43.5 Å². The predicted molar refractivity (Wildman–Crippen MR) is 84.4 cm³/mol. The normalized spacial score (nSPS) is 12.9. The van der Waals surface area contributed by atoms with Crippen LogP contribution in [0.5, 0.6) is 0 Å². The summed E-state index contributed by atoms with van der Waals surface area (Å²) in [6, 6.07) is 4.06. The van der Waals surface area contributed by atoms with Gasteiger partial charge in [-0.2, -0.15) is 0 Å². The van der Waals surface area contributed by atoms with Crippen molar-refractivity contribution in [2.75, 3.05) is 19.6 Å². The summed E-state index contributed by atoms with van der Waals surface area (Å²) in [6.45, 7) is 8.69. The van der Waals surface area contributed by atoms with E-state index in [4.69, 9.17) is 5.73 Å². The Morgan fingerprint density at radius 2 is 1.70 bits per heavy atom. The fourth-order valence-electron chi connectivity index (χ4n) is 1.81. The summed E-state index contributed by atoms with van der Waals surface area (Å²) in [4.78, 5) is 16.8. The van der Waals surface area contributed by atoms with Crippen molar-refractivity contribution in [3.63, 3.8) is 0 Å². The van der Waals surface area contributed by atoms with Crippen LogP contribution in [-0.2, 0) is 11.2 Å². The molecule has 2 N–H and O–H groups in total. The summed E-state index contributed by atoms with van der Waals surface area (Å²) in [5, 5.41) is 0. The average Bonchev–Trinajstić information content (AvgIpc) is 3.03. The summed E-state index contributed by atoms with van der Waals surface area (Å²) < 4.78 is 0. The van der Waals surface area contributed by atoms with E-state index in [1.807, 2.05) is 43.3 Å². The maximum atomic E-state index is 10.9. The van der Waals surface area contributed by atoms with Gasteiger partial charge in [-0.25, -0.2) is 0 Å². The number of nitrogens with zero attached hydrogens (tertiary/aromatic N) is 2. The van der Waals surface area contributed by atoms with Gasteiger partial charge in [0.15, 0.2) is 0 Å². The Morgan fingerprint density at radius 3 is 2.05 bits per heavy atom. The van der Waals surface area contributed by atoms with Crippen LogP contribution in [0.25, 0.3) is 0 Å². The fourth-order valence-corrected chi connectivity index (χ4v) is 1.81. The minimum atomic E-state index is 0.313. The second-order valence-corrected chi connectivity index (χ2v) is 4.56. The highest BCUT2D eigenvalue weighted by Crippen LogP contribution is 2.07. The molecule has 0 bridgehead atoms. The van der Waals surface area contributed by atoms with Crippen molar-refractivity contribution < 1.29 is 4.79 Å². The fraction of sp³-hybridized carbons (Fsp3) is 0.625. The molecule has 4 nitrogen and oxygen atoms in total. The molecule has 0 spiro atoms. The van der Waals surface area contributed by atoms with E-state index in [1.54, 1.807) is 0 Å². The number of amides is 1. The van der Waals surface area contributed by atoms with Gasteiger partial charge in [-0.15, -0.1) is 0 Å². The molecular weight excluding hydrogens is 250 g/mol. The number of pyridine rings is 1. The van der Waals surface area contributed by atoms with Crippen LogP contribution in [0.4, 0.5) is 0 Å². The molecule has 0 aliphatic carbocycles. The van der Waals surface area contributed by atoms with Crippen LogP contribution < -0.4 is 5.73 Å². The van der Waals surface area contributed by atoms with Crippen LogP contribution in [0.3, 0.4) is 0 Å². The van der Waals surface area contributed by atoms with E-state index >= 15 is 0 Å². The molecule has 1 aliphatic rings. The Hall–Kier alpha value is -1.42. The largest absolute Gasteiger partial charge is 0.343 e. The molecule has 0 saturated carbocycles. The molecule has 0 atom stereocenters. The lowest BCUT2D eigenvalue weighted by atomic mass is 10.2. The standard InChI is InChI=1S/C7H13NO.C7H9N.C2H7N/c1-2-7(9)8-5-3-4-6-8;1-2-7-3-5-8-6-4-7;1-2-3/h2-6H2,1H3;3-6H,2H2,1H3;2-3H2,1H3. The zero-order valence-electron chi connectivity index (χ0n) is 13.1. The summed E-state index contributed by atoms with van der Waals surface area (Å²) in [5.41, 5.74) is 6.19. The topological polar surface area (TPSA) is 59.2 Å². The molecule has 0 aromatic carbocycles. The Morgan fingerprint density at radius 1 is 1.20 bits per heavy atom. The highest BCUT2D eigenvalue weighted by molar-refractivity contribution is 5.75. The zero-order valence-corrected chi connectivity index (χ0v) is 13.1. The van der Waals surface area contributed by atoms with E-state index in [0.29, 0.717) is 12.3 Å². The summed E-state index contributed by atoms with van der Waals surface area (Å²) in [7, 11) is 0. The smallest absolute Gasteiger partial charge is 0.222 e. The molecule has 1 fully saturated rings. The number of likely N-dealkylation sites (tertiary alicyclic amines) is 1. The van der Waals surface area contributed by atoms with Crippen molar-refractivity contribution in [1.29, 1.82) is 0 Å². The van der Waals surface area contributed by atoms with Crippen LogP contribution >= 0.6 is 0 Å². The number of nitrogens with two attached hydrogens (primary N) is 1. The van der Waals surface area contributed by atoms with Gasteiger partial charge < -0.3 is 10.6 Å². The molecule has 2 heterocycles. The van der Waals surface area contributed by atoms with Crippen molar-refractivity contribution in [3.8, 4) is 0 Å². The summed E-state index contributed by atoms with van der Waals surface area (Å²) in [6.07, 6.45) is 7.80. The number of carbonyl (C=O) groups is 1. The van der Waals surface area contributed by atoms with Crippen LogP contribution in [0.1, 0.15) is 45.6 Å². The van der Waals surface area contributed by atoms with Crippen LogP contribution in [0, 0.1) is 0 Å². The van der Waals surface area contributed by atoms with Crippen LogP contribution in [0.2, 0.25) is 0 Å². The molecule has 1 amide bonds. The van der Waals surface area contributed by atoms with Gasteiger partial charge in [-0.3, -0.25) is 9.78 Å². The van der Waals surface area contributed by atoms with Crippen molar-refractivity contribution in [1.82, 2.24) is 9.88 Å². The second kappa shape index (κ2) is 12.6. The molecule has 20 heavy (non-hydrogen) atoms. The first kappa shape index (κ1) is 18.6. The minimum absolute atomic E-state index is 0.313. The summed E-state index contributed by atoms with van der Waals surface area (Å²) >= 11 is 0. The lowest BCUT2D eigenvalue weighted by Crippen LogP contribution is -2.26. The average molecular weight is 279 g/mol. The van der Waals surface area contributed by atoms with E-state index < -0.39 is 0 Å². The van der Waals surface area contributed by atoms with Gasteiger partial charge in [0, 0.05) is 31.9 Å². The van der Waals surface area contributed by atoms with Gasteiger partial charge >= 0.3 is 0 Å². The molecule has 1 saturated heterocycles. The lowest BCUT2D eigenvalue weighted by molar-refractivity contribution is -0.129. The van der Waals surface area contributed by atoms with E-state index in [9.17, 15) is 4.79 Å². The maximum absolute atomic E-state index is 10.9. The van der Waals surface area contributed by atoms with Crippen LogP contribution in [0.15, 0.2) is 24.5 Å². The first-order valence-corrected chi connectivity index (χ1v) is 7.56. The van der Waals surface area contributed by atoms with Gasteiger partial charge in [0.2, 0.25) is 5.91 Å². The number of rotatable bonds is 2. The Labute approximate surface area is 123 Å². The molecule has 1 aromatic rings. The number of aromatic nitrogens is 1. The third-order valence-electron chi connectivity index (χ3n) is 2.92. The zero-order chi connectivity index (χ0) is 15.2. The molecule has 2 rings (SSSR count). The third-order valence-corrected chi connectivity index (χ3v) is 2.92. The highest BCUT2D eigenvalue weighted by atomic mass is 16.2. The number of hydrogen-bond acceptors (Lipinski definition) is 3. The number of hydrogen-bond donors (Lipinski definition) is 1. The SMILES string of the molecule is CCC(=O)N1CCCC1.CCN.CCc1ccncc1. The van der Waals surface area contributed by atoms with E-state index in [1.165, 1.54) is 18.4 Å². The molecule has 114 valence electrons.